The van der Waals surface area contributed by atoms with Crippen molar-refractivity contribution in [1.29, 1.82) is 0 Å². The van der Waals surface area contributed by atoms with Gasteiger partial charge in [-0.3, -0.25) is 4.79 Å². The molecule has 0 heterocycles. The van der Waals surface area contributed by atoms with E-state index >= 15 is 0 Å². The Morgan fingerprint density at radius 2 is 1.83 bits per heavy atom. The molecule has 2 unspecified atom stereocenters. The molecular weight excluding hydrogens is 246 g/mol. The van der Waals surface area contributed by atoms with Crippen molar-refractivity contribution in [3.05, 3.63) is 0 Å². The zero-order valence-corrected chi connectivity index (χ0v) is 12.0. The molecule has 2 saturated carbocycles. The standard InChI is InChI=1S/C14H25NO2S/c1-18-13-7-5-11(6-8-13)15-12-4-2-3-10(9-12)14(16)17/h10-13,15H,2-9H2,1H3,(H,16,17). The van der Waals surface area contributed by atoms with Gasteiger partial charge in [0.1, 0.15) is 0 Å². The monoisotopic (exact) mass is 271 g/mol. The van der Waals surface area contributed by atoms with Gasteiger partial charge in [0, 0.05) is 17.3 Å². The third kappa shape index (κ3) is 3.89. The van der Waals surface area contributed by atoms with Gasteiger partial charge in [-0.2, -0.15) is 11.8 Å². The minimum absolute atomic E-state index is 0.112. The third-order valence-electron chi connectivity index (χ3n) is 4.50. The maximum absolute atomic E-state index is 11.0. The molecule has 0 aromatic carbocycles. The molecule has 2 fully saturated rings. The van der Waals surface area contributed by atoms with Gasteiger partial charge in [0.25, 0.3) is 0 Å². The lowest BCUT2D eigenvalue weighted by molar-refractivity contribution is -0.143. The van der Waals surface area contributed by atoms with E-state index < -0.39 is 5.97 Å². The quantitative estimate of drug-likeness (QED) is 0.825. The number of thioether (sulfide) groups is 1. The van der Waals surface area contributed by atoms with E-state index in [2.05, 4.69) is 11.6 Å². The average molecular weight is 271 g/mol. The van der Waals surface area contributed by atoms with Crippen molar-refractivity contribution in [1.82, 2.24) is 5.32 Å². The van der Waals surface area contributed by atoms with Crippen LogP contribution in [0.1, 0.15) is 51.4 Å². The van der Waals surface area contributed by atoms with E-state index in [0.717, 1.165) is 30.9 Å². The van der Waals surface area contributed by atoms with E-state index in [1.54, 1.807) is 0 Å². The van der Waals surface area contributed by atoms with E-state index in [-0.39, 0.29) is 5.92 Å². The van der Waals surface area contributed by atoms with E-state index in [9.17, 15) is 4.79 Å². The molecule has 2 aliphatic carbocycles. The largest absolute Gasteiger partial charge is 0.481 e. The summed E-state index contributed by atoms with van der Waals surface area (Å²) in [5.41, 5.74) is 0. The van der Waals surface area contributed by atoms with Crippen molar-refractivity contribution < 1.29 is 9.90 Å². The SMILES string of the molecule is CSC1CCC(NC2CCCC(C(=O)O)C2)CC1. The molecule has 2 N–H and O–H groups in total. The molecule has 0 radical (unpaired) electrons. The van der Waals surface area contributed by atoms with Gasteiger partial charge in [-0.15, -0.1) is 0 Å². The van der Waals surface area contributed by atoms with Crippen LogP contribution in [0.3, 0.4) is 0 Å². The van der Waals surface area contributed by atoms with Gasteiger partial charge in [0.05, 0.1) is 5.92 Å². The average Bonchev–Trinajstić information content (AvgIpc) is 2.40. The summed E-state index contributed by atoms with van der Waals surface area (Å²) in [7, 11) is 0. The highest BCUT2D eigenvalue weighted by atomic mass is 32.2. The van der Waals surface area contributed by atoms with Crippen LogP contribution in [0, 0.1) is 5.92 Å². The molecule has 2 atom stereocenters. The minimum Gasteiger partial charge on any atom is -0.481 e. The Kier molecular flexibility index (Phi) is 5.37. The van der Waals surface area contributed by atoms with Crippen molar-refractivity contribution in [3.8, 4) is 0 Å². The molecule has 0 aromatic rings. The van der Waals surface area contributed by atoms with Crippen molar-refractivity contribution >= 4 is 17.7 Å². The molecule has 2 rings (SSSR count). The highest BCUT2D eigenvalue weighted by Gasteiger charge is 2.29. The summed E-state index contributed by atoms with van der Waals surface area (Å²) in [5, 5.41) is 13.7. The van der Waals surface area contributed by atoms with Crippen molar-refractivity contribution in [3.63, 3.8) is 0 Å². The first-order chi connectivity index (χ1) is 8.69. The second-order valence-corrected chi connectivity index (χ2v) is 6.91. The zero-order chi connectivity index (χ0) is 13.0. The highest BCUT2D eigenvalue weighted by molar-refractivity contribution is 7.99. The lowest BCUT2D eigenvalue weighted by atomic mass is 9.84. The molecule has 0 amide bonds. The molecule has 18 heavy (non-hydrogen) atoms. The molecule has 3 nitrogen and oxygen atoms in total. The van der Waals surface area contributed by atoms with Gasteiger partial charge in [0.15, 0.2) is 0 Å². The van der Waals surface area contributed by atoms with Crippen LogP contribution in [0.5, 0.6) is 0 Å². The number of aliphatic carboxylic acids is 1. The Balaban J connectivity index is 1.74. The van der Waals surface area contributed by atoms with Crippen LogP contribution >= 0.6 is 11.8 Å². The summed E-state index contributed by atoms with van der Waals surface area (Å²) in [6, 6.07) is 1.07. The normalized spacial score (nSPS) is 37.4. The zero-order valence-electron chi connectivity index (χ0n) is 11.2. The Morgan fingerprint density at radius 3 is 2.44 bits per heavy atom. The van der Waals surface area contributed by atoms with Gasteiger partial charge in [-0.1, -0.05) is 6.42 Å². The first kappa shape index (κ1) is 14.2. The maximum atomic E-state index is 11.0. The third-order valence-corrected chi connectivity index (χ3v) is 5.64. The van der Waals surface area contributed by atoms with Crippen LogP contribution in [0.4, 0.5) is 0 Å². The second-order valence-electron chi connectivity index (χ2n) is 5.77. The molecule has 0 aromatic heterocycles. The minimum atomic E-state index is -0.604. The van der Waals surface area contributed by atoms with Crippen LogP contribution in [0.2, 0.25) is 0 Å². The van der Waals surface area contributed by atoms with Gasteiger partial charge in [-0.05, 0) is 51.2 Å². The Labute approximate surface area is 114 Å². The lowest BCUT2D eigenvalue weighted by Crippen LogP contribution is -2.44. The number of nitrogens with one attached hydrogen (secondary N) is 1. The smallest absolute Gasteiger partial charge is 0.306 e. The summed E-state index contributed by atoms with van der Waals surface area (Å²) in [6.07, 6.45) is 11.3. The molecule has 4 heteroatoms. The fourth-order valence-corrected chi connectivity index (χ4v) is 4.11. The van der Waals surface area contributed by atoms with Gasteiger partial charge >= 0.3 is 5.97 Å². The Hall–Kier alpha value is -0.220. The summed E-state index contributed by atoms with van der Waals surface area (Å²) in [4.78, 5) is 11.0. The topological polar surface area (TPSA) is 49.3 Å². The first-order valence-corrected chi connectivity index (χ1v) is 8.49. The van der Waals surface area contributed by atoms with Crippen LogP contribution in [0.15, 0.2) is 0 Å². The molecule has 0 bridgehead atoms. The van der Waals surface area contributed by atoms with Crippen LogP contribution in [0.25, 0.3) is 0 Å². The number of hydrogen-bond donors (Lipinski definition) is 2. The van der Waals surface area contributed by atoms with E-state index in [4.69, 9.17) is 5.11 Å². The molecule has 104 valence electrons. The molecule has 0 spiro atoms. The molecule has 2 aliphatic rings. The first-order valence-electron chi connectivity index (χ1n) is 7.20. The van der Waals surface area contributed by atoms with Gasteiger partial charge in [-0.25, -0.2) is 0 Å². The lowest BCUT2D eigenvalue weighted by Gasteiger charge is -2.34. The summed E-state index contributed by atoms with van der Waals surface area (Å²) < 4.78 is 0. The molecule has 0 saturated heterocycles. The summed E-state index contributed by atoms with van der Waals surface area (Å²) in [5.74, 6) is -0.716. The fraction of sp³-hybridized carbons (Fsp3) is 0.929. The van der Waals surface area contributed by atoms with Crippen LogP contribution in [-0.2, 0) is 4.79 Å². The maximum Gasteiger partial charge on any atom is 0.306 e. The summed E-state index contributed by atoms with van der Waals surface area (Å²) in [6.45, 7) is 0. The molecule has 0 aliphatic heterocycles. The number of rotatable bonds is 4. The Bertz CT molecular complexity index is 277. The van der Waals surface area contributed by atoms with Crippen LogP contribution < -0.4 is 5.32 Å². The van der Waals surface area contributed by atoms with E-state index in [1.807, 2.05) is 11.8 Å². The van der Waals surface area contributed by atoms with E-state index in [0.29, 0.717) is 12.1 Å². The number of carboxylic acids is 1. The van der Waals surface area contributed by atoms with Gasteiger partial charge in [0.2, 0.25) is 0 Å². The van der Waals surface area contributed by atoms with Gasteiger partial charge < -0.3 is 10.4 Å². The van der Waals surface area contributed by atoms with Crippen molar-refractivity contribution in [2.24, 2.45) is 5.92 Å². The van der Waals surface area contributed by atoms with E-state index in [1.165, 1.54) is 25.7 Å². The number of carbonyl (C=O) groups is 1. The highest BCUT2D eigenvalue weighted by Crippen LogP contribution is 2.29. The summed E-state index contributed by atoms with van der Waals surface area (Å²) >= 11 is 1.99. The van der Waals surface area contributed by atoms with Crippen LogP contribution in [-0.4, -0.2) is 34.7 Å². The predicted molar refractivity (Wildman–Crippen MR) is 76.1 cm³/mol. The molecular formula is C14H25NO2S. The van der Waals surface area contributed by atoms with Crippen molar-refractivity contribution in [2.75, 3.05) is 6.26 Å². The second kappa shape index (κ2) is 6.80. The predicted octanol–water partition coefficient (Wildman–Crippen LogP) is 2.89. The number of hydrogen-bond acceptors (Lipinski definition) is 3. The fourth-order valence-electron chi connectivity index (χ4n) is 3.36. The van der Waals surface area contributed by atoms with Crippen molar-refractivity contribution in [2.45, 2.75) is 68.7 Å². The Morgan fingerprint density at radius 1 is 1.11 bits per heavy atom. The number of carboxylic acid groups (broad SMARTS) is 1.